The van der Waals surface area contributed by atoms with E-state index in [4.69, 9.17) is 11.6 Å². The number of anilines is 1. The van der Waals surface area contributed by atoms with Crippen molar-refractivity contribution in [3.05, 3.63) is 68.4 Å². The fraction of sp³-hybridized carbons (Fsp3) is 0.188. The van der Waals surface area contributed by atoms with E-state index in [1.807, 2.05) is 0 Å². The first-order valence-electron chi connectivity index (χ1n) is 7.73. The summed E-state index contributed by atoms with van der Waals surface area (Å²) in [6, 6.07) is 5.94. The molecule has 0 spiro atoms. The Morgan fingerprint density at radius 3 is 2.85 bits per heavy atom. The van der Waals surface area contributed by atoms with Crippen LogP contribution in [0.3, 0.4) is 0 Å². The minimum atomic E-state index is -0.727. The summed E-state index contributed by atoms with van der Waals surface area (Å²) < 4.78 is 16.5. The number of nitrogens with one attached hydrogen (secondary N) is 1. The fourth-order valence-corrected chi connectivity index (χ4v) is 2.79. The number of aryl methyl sites for hydroxylation is 2. The van der Waals surface area contributed by atoms with E-state index < -0.39 is 22.3 Å². The minimum absolute atomic E-state index is 0.0685. The van der Waals surface area contributed by atoms with E-state index in [-0.39, 0.29) is 28.6 Å². The largest absolute Gasteiger partial charge is 0.320 e. The Bertz CT molecular complexity index is 1020. The van der Waals surface area contributed by atoms with Crippen molar-refractivity contribution >= 4 is 29.0 Å². The van der Waals surface area contributed by atoms with Crippen LogP contribution in [-0.4, -0.2) is 30.4 Å². The van der Waals surface area contributed by atoms with E-state index in [0.29, 0.717) is 5.69 Å². The molecule has 0 aliphatic carbocycles. The SMILES string of the molecule is Cc1cc(NC(=O)c2c([N+](=O)[O-])cnn2C)nn1Cc1c(F)cccc1Cl. The third-order valence-electron chi connectivity index (χ3n) is 3.92. The maximum atomic E-state index is 14.0. The summed E-state index contributed by atoms with van der Waals surface area (Å²) in [7, 11) is 1.42. The molecule has 140 valence electrons. The van der Waals surface area contributed by atoms with Crippen LogP contribution in [0.15, 0.2) is 30.5 Å². The zero-order chi connectivity index (χ0) is 19.7. The van der Waals surface area contributed by atoms with Crippen LogP contribution in [0, 0.1) is 22.9 Å². The van der Waals surface area contributed by atoms with Crippen molar-refractivity contribution in [1.82, 2.24) is 19.6 Å². The Balaban J connectivity index is 1.84. The monoisotopic (exact) mass is 392 g/mol. The van der Waals surface area contributed by atoms with Gasteiger partial charge in [-0.25, -0.2) is 4.39 Å². The van der Waals surface area contributed by atoms with E-state index in [0.717, 1.165) is 10.9 Å². The lowest BCUT2D eigenvalue weighted by Gasteiger charge is -2.07. The Labute approximate surface area is 157 Å². The van der Waals surface area contributed by atoms with Crippen LogP contribution in [0.4, 0.5) is 15.9 Å². The molecule has 3 rings (SSSR count). The second kappa shape index (κ2) is 7.16. The second-order valence-corrected chi connectivity index (χ2v) is 6.15. The van der Waals surface area contributed by atoms with Crippen molar-refractivity contribution in [2.75, 3.05) is 5.32 Å². The molecule has 0 saturated carbocycles. The summed E-state index contributed by atoms with van der Waals surface area (Å²) in [5.41, 5.74) is 0.295. The lowest BCUT2D eigenvalue weighted by Crippen LogP contribution is -2.18. The van der Waals surface area contributed by atoms with Crippen molar-refractivity contribution < 1.29 is 14.1 Å². The number of halogens is 2. The van der Waals surface area contributed by atoms with Crippen molar-refractivity contribution in [3.8, 4) is 0 Å². The van der Waals surface area contributed by atoms with Crippen molar-refractivity contribution in [3.63, 3.8) is 0 Å². The van der Waals surface area contributed by atoms with E-state index in [1.165, 1.54) is 23.9 Å². The number of amides is 1. The molecule has 3 aromatic rings. The van der Waals surface area contributed by atoms with Gasteiger partial charge in [-0.2, -0.15) is 10.2 Å². The molecule has 1 aromatic carbocycles. The molecule has 2 aromatic heterocycles. The van der Waals surface area contributed by atoms with Gasteiger partial charge >= 0.3 is 5.69 Å². The first-order valence-corrected chi connectivity index (χ1v) is 8.10. The van der Waals surface area contributed by atoms with Gasteiger partial charge in [0, 0.05) is 29.4 Å². The van der Waals surface area contributed by atoms with Crippen LogP contribution >= 0.6 is 11.6 Å². The molecule has 0 aliphatic rings. The molecule has 1 amide bonds. The van der Waals surface area contributed by atoms with Gasteiger partial charge in [-0.3, -0.25) is 24.3 Å². The smallest absolute Gasteiger partial charge is 0.303 e. The Morgan fingerprint density at radius 2 is 2.19 bits per heavy atom. The number of hydrogen-bond acceptors (Lipinski definition) is 5. The maximum absolute atomic E-state index is 14.0. The van der Waals surface area contributed by atoms with Gasteiger partial charge in [0.05, 0.1) is 11.5 Å². The number of carbonyl (C=O) groups excluding carboxylic acids is 1. The highest BCUT2D eigenvalue weighted by atomic mass is 35.5. The quantitative estimate of drug-likeness (QED) is 0.530. The summed E-state index contributed by atoms with van der Waals surface area (Å²) in [5.74, 6) is -1.02. The fourth-order valence-electron chi connectivity index (χ4n) is 2.56. The van der Waals surface area contributed by atoms with E-state index in [1.54, 1.807) is 19.1 Å². The average molecular weight is 393 g/mol. The third-order valence-corrected chi connectivity index (χ3v) is 4.28. The van der Waals surface area contributed by atoms with Gasteiger partial charge in [-0.15, -0.1) is 0 Å². The number of nitrogens with zero attached hydrogens (tertiary/aromatic N) is 5. The second-order valence-electron chi connectivity index (χ2n) is 5.74. The normalized spacial score (nSPS) is 10.8. The van der Waals surface area contributed by atoms with E-state index in [9.17, 15) is 19.3 Å². The summed E-state index contributed by atoms with van der Waals surface area (Å²) >= 11 is 6.03. The molecule has 0 bridgehead atoms. The molecule has 0 atom stereocenters. The van der Waals surface area contributed by atoms with Crippen LogP contribution in [-0.2, 0) is 13.6 Å². The van der Waals surface area contributed by atoms with Crippen LogP contribution in [0.2, 0.25) is 5.02 Å². The molecular weight excluding hydrogens is 379 g/mol. The molecule has 0 radical (unpaired) electrons. The van der Waals surface area contributed by atoms with Crippen molar-refractivity contribution in [2.45, 2.75) is 13.5 Å². The summed E-state index contributed by atoms with van der Waals surface area (Å²) in [4.78, 5) is 22.7. The highest BCUT2D eigenvalue weighted by Crippen LogP contribution is 2.22. The van der Waals surface area contributed by atoms with Crippen molar-refractivity contribution in [1.29, 1.82) is 0 Å². The minimum Gasteiger partial charge on any atom is -0.303 e. The molecule has 0 aliphatic heterocycles. The van der Waals surface area contributed by atoms with Gasteiger partial charge < -0.3 is 5.32 Å². The molecule has 2 heterocycles. The molecule has 11 heteroatoms. The Morgan fingerprint density at radius 1 is 1.44 bits per heavy atom. The van der Waals surface area contributed by atoms with Gasteiger partial charge in [0.25, 0.3) is 5.91 Å². The molecule has 9 nitrogen and oxygen atoms in total. The predicted molar refractivity (Wildman–Crippen MR) is 95.3 cm³/mol. The molecule has 0 fully saturated rings. The van der Waals surface area contributed by atoms with E-state index >= 15 is 0 Å². The zero-order valence-electron chi connectivity index (χ0n) is 14.3. The van der Waals surface area contributed by atoms with Crippen LogP contribution in [0.5, 0.6) is 0 Å². The molecule has 1 N–H and O–H groups in total. The van der Waals surface area contributed by atoms with Gasteiger partial charge in [-0.1, -0.05) is 17.7 Å². The summed E-state index contributed by atoms with van der Waals surface area (Å²) in [6.45, 7) is 1.79. The summed E-state index contributed by atoms with van der Waals surface area (Å²) in [5, 5.41) is 21.7. The molecule has 0 unspecified atom stereocenters. The Kier molecular flexibility index (Phi) is 4.91. The van der Waals surface area contributed by atoms with Crippen molar-refractivity contribution in [2.24, 2.45) is 7.05 Å². The zero-order valence-corrected chi connectivity index (χ0v) is 15.1. The lowest BCUT2D eigenvalue weighted by atomic mass is 10.2. The molecule has 27 heavy (non-hydrogen) atoms. The van der Waals surface area contributed by atoms with Gasteiger partial charge in [0.2, 0.25) is 5.69 Å². The first kappa shape index (κ1) is 18.5. The summed E-state index contributed by atoms with van der Waals surface area (Å²) in [6.07, 6.45) is 0.999. The number of carbonyl (C=O) groups is 1. The third kappa shape index (κ3) is 3.65. The van der Waals surface area contributed by atoms with Crippen LogP contribution in [0.25, 0.3) is 0 Å². The lowest BCUT2D eigenvalue weighted by molar-refractivity contribution is -0.385. The van der Waals surface area contributed by atoms with Crippen LogP contribution in [0.1, 0.15) is 21.7 Å². The topological polar surface area (TPSA) is 108 Å². The number of aromatic nitrogens is 4. The number of nitro groups is 1. The molecule has 0 saturated heterocycles. The maximum Gasteiger partial charge on any atom is 0.320 e. The number of benzene rings is 1. The van der Waals surface area contributed by atoms with E-state index in [2.05, 4.69) is 15.5 Å². The standard InChI is InChI=1S/C16H14ClFN6O3/c1-9-6-14(20-16(25)15-13(24(26)27)7-19-22(15)2)21-23(9)8-10-11(17)4-3-5-12(10)18/h3-7H,8H2,1-2H3,(H,20,21,25). The highest BCUT2D eigenvalue weighted by molar-refractivity contribution is 6.31. The van der Waals surface area contributed by atoms with Gasteiger partial charge in [0.1, 0.15) is 12.0 Å². The molecular formula is C16H14ClFN6O3. The highest BCUT2D eigenvalue weighted by Gasteiger charge is 2.26. The van der Waals surface area contributed by atoms with Gasteiger partial charge in [-0.05, 0) is 19.1 Å². The average Bonchev–Trinajstić information content (AvgIpc) is 3.14. The van der Waals surface area contributed by atoms with Gasteiger partial charge in [0.15, 0.2) is 5.82 Å². The number of hydrogen-bond donors (Lipinski definition) is 1. The first-order chi connectivity index (χ1) is 12.8. The predicted octanol–water partition coefficient (Wildman–Crippen LogP) is 2.93. The van der Waals surface area contributed by atoms with Crippen LogP contribution < -0.4 is 5.32 Å². The number of rotatable bonds is 5. The Hall–Kier alpha value is -3.27.